The van der Waals surface area contributed by atoms with E-state index in [4.69, 9.17) is 14.2 Å². The summed E-state index contributed by atoms with van der Waals surface area (Å²) in [4.78, 5) is 6.86. The predicted molar refractivity (Wildman–Crippen MR) is 86.2 cm³/mol. The second-order valence-electron chi connectivity index (χ2n) is 5.23. The van der Waals surface area contributed by atoms with Crippen LogP contribution in [0.15, 0.2) is 30.6 Å². The van der Waals surface area contributed by atoms with Crippen LogP contribution in [0.4, 0.5) is 13.2 Å². The van der Waals surface area contributed by atoms with Gasteiger partial charge in [0, 0.05) is 5.56 Å². The van der Waals surface area contributed by atoms with Gasteiger partial charge in [-0.1, -0.05) is 0 Å². The molecule has 0 bridgehead atoms. The lowest BCUT2D eigenvalue weighted by Gasteiger charge is -2.15. The van der Waals surface area contributed by atoms with Crippen LogP contribution in [0.3, 0.4) is 0 Å². The third-order valence-electron chi connectivity index (χ3n) is 3.83. The minimum absolute atomic E-state index is 0.290. The molecule has 1 heterocycles. The van der Waals surface area contributed by atoms with Gasteiger partial charge in [0.2, 0.25) is 5.75 Å². The van der Waals surface area contributed by atoms with Crippen molar-refractivity contribution in [3.63, 3.8) is 0 Å². The maximum absolute atomic E-state index is 13.2. The van der Waals surface area contributed by atoms with Crippen molar-refractivity contribution < 1.29 is 27.4 Å². The third kappa shape index (κ3) is 2.95. The first-order valence-electron chi connectivity index (χ1n) is 7.23. The monoisotopic (exact) mass is 352 g/mol. The molecule has 2 aromatic carbocycles. The fourth-order valence-electron chi connectivity index (χ4n) is 2.67. The maximum Gasteiger partial charge on any atom is 0.416 e. The summed E-state index contributed by atoms with van der Waals surface area (Å²) in [5, 5.41) is 0. The molecule has 25 heavy (non-hydrogen) atoms. The topological polar surface area (TPSA) is 56.4 Å². The van der Waals surface area contributed by atoms with Crippen LogP contribution in [-0.2, 0) is 6.18 Å². The zero-order chi connectivity index (χ0) is 18.2. The summed E-state index contributed by atoms with van der Waals surface area (Å²) in [7, 11) is 4.34. The van der Waals surface area contributed by atoms with Gasteiger partial charge in [-0.25, -0.2) is 4.98 Å². The summed E-state index contributed by atoms with van der Waals surface area (Å²) in [5.41, 5.74) is 0.719. The van der Waals surface area contributed by atoms with Crippen LogP contribution in [0, 0.1) is 0 Å². The highest BCUT2D eigenvalue weighted by Crippen LogP contribution is 2.43. The van der Waals surface area contributed by atoms with Gasteiger partial charge in [-0.15, -0.1) is 0 Å². The lowest BCUT2D eigenvalue weighted by atomic mass is 10.00. The number of nitrogens with zero attached hydrogens (tertiary/aromatic N) is 1. The number of hydrogen-bond acceptors (Lipinski definition) is 4. The second-order valence-corrected chi connectivity index (χ2v) is 5.23. The molecule has 0 unspecified atom stereocenters. The van der Waals surface area contributed by atoms with E-state index in [-0.39, 0.29) is 0 Å². The van der Waals surface area contributed by atoms with Crippen LogP contribution in [0.25, 0.3) is 22.2 Å². The number of halogens is 3. The molecule has 8 heteroatoms. The number of imidazole rings is 1. The summed E-state index contributed by atoms with van der Waals surface area (Å²) in [5.74, 6) is 1.05. The van der Waals surface area contributed by atoms with Gasteiger partial charge in [0.15, 0.2) is 11.5 Å². The number of fused-ring (bicyclic) bond motifs is 1. The number of alkyl halides is 3. The van der Waals surface area contributed by atoms with Crippen molar-refractivity contribution in [1.29, 1.82) is 0 Å². The van der Waals surface area contributed by atoms with E-state index in [1.807, 2.05) is 0 Å². The Bertz CT molecular complexity index is 894. The largest absolute Gasteiger partial charge is 0.493 e. The molecular weight excluding hydrogens is 337 g/mol. The lowest BCUT2D eigenvalue weighted by Crippen LogP contribution is -2.05. The maximum atomic E-state index is 13.2. The van der Waals surface area contributed by atoms with Crippen molar-refractivity contribution in [2.45, 2.75) is 6.18 Å². The van der Waals surface area contributed by atoms with Crippen LogP contribution in [0.2, 0.25) is 0 Å². The number of hydrogen-bond donors (Lipinski definition) is 1. The van der Waals surface area contributed by atoms with Crippen molar-refractivity contribution in [2.75, 3.05) is 21.3 Å². The highest BCUT2D eigenvalue weighted by atomic mass is 19.4. The molecule has 3 rings (SSSR count). The molecular formula is C17H15F3N2O3. The average molecular weight is 352 g/mol. The number of aromatic nitrogens is 2. The minimum Gasteiger partial charge on any atom is -0.493 e. The lowest BCUT2D eigenvalue weighted by molar-refractivity contribution is -0.137. The van der Waals surface area contributed by atoms with Crippen molar-refractivity contribution in [2.24, 2.45) is 0 Å². The number of ether oxygens (including phenoxy) is 3. The van der Waals surface area contributed by atoms with E-state index in [2.05, 4.69) is 9.97 Å². The molecule has 0 atom stereocenters. The summed E-state index contributed by atoms with van der Waals surface area (Å²) in [6.07, 6.45) is -3.12. The summed E-state index contributed by atoms with van der Waals surface area (Å²) >= 11 is 0. The molecule has 3 aromatic rings. The first-order chi connectivity index (χ1) is 11.9. The van der Waals surface area contributed by atoms with Gasteiger partial charge < -0.3 is 19.2 Å². The van der Waals surface area contributed by atoms with Gasteiger partial charge in [-0.3, -0.25) is 0 Å². The summed E-state index contributed by atoms with van der Waals surface area (Å²) in [6, 6.07) is 5.27. The SMILES string of the molecule is COc1cc(-c2cc(C(F)(F)F)cc3[nH]cnc23)cc(OC)c1OC. The Hall–Kier alpha value is -2.90. The van der Waals surface area contributed by atoms with Gasteiger partial charge in [0.05, 0.1) is 44.3 Å². The van der Waals surface area contributed by atoms with E-state index >= 15 is 0 Å². The van der Waals surface area contributed by atoms with E-state index in [1.54, 1.807) is 12.1 Å². The van der Waals surface area contributed by atoms with Crippen molar-refractivity contribution in [1.82, 2.24) is 9.97 Å². The molecule has 0 saturated heterocycles. The van der Waals surface area contributed by atoms with Gasteiger partial charge in [0.25, 0.3) is 0 Å². The van der Waals surface area contributed by atoms with Gasteiger partial charge in [-0.05, 0) is 29.8 Å². The van der Waals surface area contributed by atoms with Crippen LogP contribution in [-0.4, -0.2) is 31.3 Å². The molecule has 5 nitrogen and oxygen atoms in total. The molecule has 1 N–H and O–H groups in total. The molecule has 0 amide bonds. The summed E-state index contributed by atoms with van der Waals surface area (Å²) < 4.78 is 55.5. The molecule has 0 spiro atoms. The average Bonchev–Trinajstić information content (AvgIpc) is 3.07. The number of methoxy groups -OCH3 is 3. The number of benzene rings is 2. The van der Waals surface area contributed by atoms with Crippen LogP contribution >= 0.6 is 0 Å². The first-order valence-corrected chi connectivity index (χ1v) is 7.23. The standard InChI is InChI=1S/C17H15F3N2O3/c1-23-13-4-9(5-14(24-2)16(13)25-3)11-6-10(17(18,19)20)7-12-15(11)22-8-21-12/h4-8H,1-3H3,(H,21,22). The van der Waals surface area contributed by atoms with E-state index in [9.17, 15) is 13.2 Å². The molecule has 0 aliphatic heterocycles. The number of nitrogens with one attached hydrogen (secondary N) is 1. The Morgan fingerprint density at radius 2 is 1.56 bits per heavy atom. The van der Waals surface area contributed by atoms with Gasteiger partial charge >= 0.3 is 6.18 Å². The van der Waals surface area contributed by atoms with E-state index in [0.29, 0.717) is 39.4 Å². The number of H-pyrrole nitrogens is 1. The van der Waals surface area contributed by atoms with Crippen LogP contribution < -0.4 is 14.2 Å². The zero-order valence-corrected chi connectivity index (χ0v) is 13.7. The Morgan fingerprint density at radius 1 is 0.920 bits per heavy atom. The Balaban J connectivity index is 2.30. The molecule has 0 fully saturated rings. The number of rotatable bonds is 4. The number of aromatic amines is 1. The minimum atomic E-state index is -4.48. The fourth-order valence-corrected chi connectivity index (χ4v) is 2.67. The highest BCUT2D eigenvalue weighted by Gasteiger charge is 2.32. The van der Waals surface area contributed by atoms with Crippen LogP contribution in [0.1, 0.15) is 5.56 Å². The van der Waals surface area contributed by atoms with Crippen molar-refractivity contribution >= 4 is 11.0 Å². The second kappa shape index (κ2) is 6.19. The zero-order valence-electron chi connectivity index (χ0n) is 13.7. The van der Waals surface area contributed by atoms with Crippen LogP contribution in [0.5, 0.6) is 17.2 Å². The smallest absolute Gasteiger partial charge is 0.416 e. The summed E-state index contributed by atoms with van der Waals surface area (Å²) in [6.45, 7) is 0. The molecule has 0 aliphatic rings. The van der Waals surface area contributed by atoms with Gasteiger partial charge in [0.1, 0.15) is 0 Å². The molecule has 0 radical (unpaired) electrons. The predicted octanol–water partition coefficient (Wildman–Crippen LogP) is 4.27. The van der Waals surface area contributed by atoms with Crippen molar-refractivity contribution in [3.8, 4) is 28.4 Å². The Morgan fingerprint density at radius 3 is 2.08 bits per heavy atom. The Labute approximate surface area is 141 Å². The normalized spacial score (nSPS) is 11.6. The quantitative estimate of drug-likeness (QED) is 0.762. The first kappa shape index (κ1) is 16.9. The van der Waals surface area contributed by atoms with Crippen molar-refractivity contribution in [3.05, 3.63) is 36.2 Å². The Kier molecular flexibility index (Phi) is 4.20. The van der Waals surface area contributed by atoms with E-state index in [1.165, 1.54) is 27.7 Å². The molecule has 1 aromatic heterocycles. The third-order valence-corrected chi connectivity index (χ3v) is 3.83. The van der Waals surface area contributed by atoms with E-state index in [0.717, 1.165) is 12.1 Å². The molecule has 0 aliphatic carbocycles. The molecule has 132 valence electrons. The molecule has 0 saturated carbocycles. The highest BCUT2D eigenvalue weighted by molar-refractivity contribution is 5.93. The van der Waals surface area contributed by atoms with E-state index < -0.39 is 11.7 Å². The fraction of sp³-hybridized carbons (Fsp3) is 0.235. The van der Waals surface area contributed by atoms with Gasteiger partial charge in [-0.2, -0.15) is 13.2 Å².